The molecule has 0 radical (unpaired) electrons. The molecular weight excluding hydrogens is 360 g/mol. The number of halogens is 1. The zero-order valence-electron chi connectivity index (χ0n) is 16.0. The Labute approximate surface area is 166 Å². The van der Waals surface area contributed by atoms with Crippen molar-refractivity contribution in [3.8, 4) is 5.75 Å². The Morgan fingerprint density at radius 3 is 2.37 bits per heavy atom. The minimum atomic E-state index is 0.0553. The van der Waals surface area contributed by atoms with Crippen LogP contribution in [-0.2, 0) is 11.3 Å². The third kappa shape index (κ3) is 5.47. The molecule has 0 unspecified atom stereocenters. The summed E-state index contributed by atoms with van der Waals surface area (Å²) in [5.74, 6) is 1.23. The Balaban J connectivity index is 1.47. The first-order chi connectivity index (χ1) is 13.0. The summed E-state index contributed by atoms with van der Waals surface area (Å²) >= 11 is 5.94. The second-order valence-corrected chi connectivity index (χ2v) is 7.70. The molecule has 2 aromatic rings. The van der Waals surface area contributed by atoms with Gasteiger partial charge in [-0.3, -0.25) is 9.69 Å². The number of hydrogen-bond acceptors (Lipinski definition) is 3. The van der Waals surface area contributed by atoms with Crippen LogP contribution in [0, 0.1) is 0 Å². The van der Waals surface area contributed by atoms with Crippen molar-refractivity contribution >= 4 is 17.5 Å². The highest BCUT2D eigenvalue weighted by molar-refractivity contribution is 6.30. The minimum Gasteiger partial charge on any atom is -0.483 e. The molecule has 3 rings (SSSR count). The number of rotatable bonds is 6. The van der Waals surface area contributed by atoms with E-state index in [1.54, 1.807) is 0 Å². The molecule has 1 heterocycles. The first-order valence-electron chi connectivity index (χ1n) is 9.49. The second kappa shape index (κ2) is 9.25. The molecule has 1 aliphatic heterocycles. The van der Waals surface area contributed by atoms with E-state index in [1.807, 2.05) is 35.2 Å². The molecule has 0 spiro atoms. The second-order valence-electron chi connectivity index (χ2n) is 7.26. The predicted molar refractivity (Wildman–Crippen MR) is 109 cm³/mol. The van der Waals surface area contributed by atoms with Crippen LogP contribution >= 0.6 is 11.6 Å². The van der Waals surface area contributed by atoms with Crippen LogP contribution in [-0.4, -0.2) is 48.5 Å². The maximum Gasteiger partial charge on any atom is 0.260 e. The molecular formula is C22H27ClN2O2. The molecule has 144 valence electrons. The van der Waals surface area contributed by atoms with Gasteiger partial charge in [0.25, 0.3) is 5.91 Å². The van der Waals surface area contributed by atoms with Crippen LogP contribution < -0.4 is 4.74 Å². The summed E-state index contributed by atoms with van der Waals surface area (Å²) in [5, 5.41) is 0.758. The van der Waals surface area contributed by atoms with Crippen molar-refractivity contribution in [2.75, 3.05) is 32.8 Å². The summed E-state index contributed by atoms with van der Waals surface area (Å²) in [6.45, 7) is 8.46. The Morgan fingerprint density at radius 1 is 1.04 bits per heavy atom. The molecule has 0 saturated carbocycles. The maximum absolute atomic E-state index is 12.5. The standard InChI is InChI=1S/C22H27ClN2O2/c1-17(2)20-5-3-4-6-21(20)27-16-22(26)25-13-11-24(12-14-25)15-18-7-9-19(23)10-8-18/h3-10,17H,11-16H2,1-2H3. The SMILES string of the molecule is CC(C)c1ccccc1OCC(=O)N1CCN(Cc2ccc(Cl)cc2)CC1. The van der Waals surface area contributed by atoms with Crippen molar-refractivity contribution in [1.29, 1.82) is 0 Å². The smallest absolute Gasteiger partial charge is 0.260 e. The van der Waals surface area contributed by atoms with Crippen molar-refractivity contribution in [2.24, 2.45) is 0 Å². The largest absolute Gasteiger partial charge is 0.483 e. The molecule has 0 bridgehead atoms. The van der Waals surface area contributed by atoms with Gasteiger partial charge < -0.3 is 9.64 Å². The molecule has 2 aromatic carbocycles. The van der Waals surface area contributed by atoms with Gasteiger partial charge in [0, 0.05) is 37.7 Å². The Hall–Kier alpha value is -2.04. The van der Waals surface area contributed by atoms with E-state index in [0.29, 0.717) is 5.92 Å². The third-order valence-electron chi connectivity index (χ3n) is 4.94. The van der Waals surface area contributed by atoms with E-state index in [9.17, 15) is 4.79 Å². The molecule has 1 amide bonds. The molecule has 4 nitrogen and oxygen atoms in total. The van der Waals surface area contributed by atoms with Crippen molar-refractivity contribution < 1.29 is 9.53 Å². The van der Waals surface area contributed by atoms with Crippen molar-refractivity contribution in [1.82, 2.24) is 9.80 Å². The van der Waals surface area contributed by atoms with E-state index in [4.69, 9.17) is 16.3 Å². The van der Waals surface area contributed by atoms with Gasteiger partial charge in [-0.05, 0) is 35.2 Å². The Kier molecular flexibility index (Phi) is 6.75. The van der Waals surface area contributed by atoms with Crippen LogP contribution in [0.3, 0.4) is 0 Å². The van der Waals surface area contributed by atoms with Gasteiger partial charge in [0.1, 0.15) is 5.75 Å². The lowest BCUT2D eigenvalue weighted by Gasteiger charge is -2.34. The number of benzene rings is 2. The van der Waals surface area contributed by atoms with E-state index in [-0.39, 0.29) is 12.5 Å². The average Bonchev–Trinajstić information content (AvgIpc) is 2.68. The fraction of sp³-hybridized carbons (Fsp3) is 0.409. The fourth-order valence-corrected chi connectivity index (χ4v) is 3.45. The zero-order valence-corrected chi connectivity index (χ0v) is 16.8. The van der Waals surface area contributed by atoms with Crippen molar-refractivity contribution in [2.45, 2.75) is 26.3 Å². The minimum absolute atomic E-state index is 0.0553. The van der Waals surface area contributed by atoms with Gasteiger partial charge in [-0.15, -0.1) is 0 Å². The number of ether oxygens (including phenoxy) is 1. The average molecular weight is 387 g/mol. The van der Waals surface area contributed by atoms with Crippen LogP contribution in [0.25, 0.3) is 0 Å². The van der Waals surface area contributed by atoms with Crippen LogP contribution in [0.4, 0.5) is 0 Å². The summed E-state index contributed by atoms with van der Waals surface area (Å²) < 4.78 is 5.83. The van der Waals surface area contributed by atoms with Crippen LogP contribution in [0.1, 0.15) is 30.9 Å². The number of para-hydroxylation sites is 1. The lowest BCUT2D eigenvalue weighted by molar-refractivity contribution is -0.135. The monoisotopic (exact) mass is 386 g/mol. The zero-order chi connectivity index (χ0) is 19.2. The predicted octanol–water partition coefficient (Wildman–Crippen LogP) is 4.19. The van der Waals surface area contributed by atoms with Gasteiger partial charge in [-0.2, -0.15) is 0 Å². The molecule has 0 N–H and O–H groups in total. The number of carbonyl (C=O) groups is 1. The topological polar surface area (TPSA) is 32.8 Å². The number of hydrogen-bond donors (Lipinski definition) is 0. The van der Waals surface area contributed by atoms with Gasteiger partial charge in [0.2, 0.25) is 0 Å². The number of carbonyl (C=O) groups excluding carboxylic acids is 1. The van der Waals surface area contributed by atoms with Gasteiger partial charge in [0.15, 0.2) is 6.61 Å². The highest BCUT2D eigenvalue weighted by Gasteiger charge is 2.21. The highest BCUT2D eigenvalue weighted by atomic mass is 35.5. The first-order valence-corrected chi connectivity index (χ1v) is 9.87. The molecule has 5 heteroatoms. The first kappa shape index (κ1) is 19.7. The molecule has 0 aliphatic carbocycles. The lowest BCUT2D eigenvalue weighted by Crippen LogP contribution is -2.49. The molecule has 1 aliphatic rings. The summed E-state index contributed by atoms with van der Waals surface area (Å²) in [5.41, 5.74) is 2.38. The summed E-state index contributed by atoms with van der Waals surface area (Å²) in [7, 11) is 0. The van der Waals surface area contributed by atoms with Gasteiger partial charge in [0.05, 0.1) is 0 Å². The van der Waals surface area contributed by atoms with Crippen LogP contribution in [0.15, 0.2) is 48.5 Å². The molecule has 1 saturated heterocycles. The summed E-state index contributed by atoms with van der Waals surface area (Å²) in [4.78, 5) is 16.8. The molecule has 1 fully saturated rings. The van der Waals surface area contributed by atoms with Crippen molar-refractivity contribution in [3.63, 3.8) is 0 Å². The maximum atomic E-state index is 12.5. The van der Waals surface area contributed by atoms with E-state index in [2.05, 4.69) is 36.9 Å². The van der Waals surface area contributed by atoms with Crippen molar-refractivity contribution in [3.05, 3.63) is 64.7 Å². The summed E-state index contributed by atoms with van der Waals surface area (Å²) in [6.07, 6.45) is 0. The molecule has 27 heavy (non-hydrogen) atoms. The number of nitrogens with zero attached hydrogens (tertiary/aromatic N) is 2. The lowest BCUT2D eigenvalue weighted by atomic mass is 10.0. The van der Waals surface area contributed by atoms with E-state index >= 15 is 0 Å². The molecule has 0 aromatic heterocycles. The van der Waals surface area contributed by atoms with Gasteiger partial charge >= 0.3 is 0 Å². The number of piperazine rings is 1. The van der Waals surface area contributed by atoms with Gasteiger partial charge in [-0.1, -0.05) is 55.8 Å². The highest BCUT2D eigenvalue weighted by Crippen LogP contribution is 2.25. The van der Waals surface area contributed by atoms with Crippen LogP contribution in [0.5, 0.6) is 5.75 Å². The normalized spacial score (nSPS) is 15.2. The molecule has 0 atom stereocenters. The fourth-order valence-electron chi connectivity index (χ4n) is 3.32. The van der Waals surface area contributed by atoms with E-state index in [0.717, 1.165) is 49.1 Å². The third-order valence-corrected chi connectivity index (χ3v) is 5.19. The van der Waals surface area contributed by atoms with E-state index in [1.165, 1.54) is 5.56 Å². The quantitative estimate of drug-likeness (QED) is 0.746. The van der Waals surface area contributed by atoms with Crippen LogP contribution in [0.2, 0.25) is 5.02 Å². The Morgan fingerprint density at radius 2 is 1.70 bits per heavy atom. The summed E-state index contributed by atoms with van der Waals surface area (Å²) in [6, 6.07) is 15.9. The Bertz CT molecular complexity index is 753. The number of amides is 1. The van der Waals surface area contributed by atoms with E-state index < -0.39 is 0 Å². The van der Waals surface area contributed by atoms with Gasteiger partial charge in [-0.25, -0.2) is 0 Å².